The lowest BCUT2D eigenvalue weighted by Gasteiger charge is -2.22. The molecule has 0 radical (unpaired) electrons. The Hall–Kier alpha value is -2.27. The van der Waals surface area contributed by atoms with Gasteiger partial charge in [0, 0.05) is 12.6 Å². The van der Waals surface area contributed by atoms with Crippen LogP contribution in [0.25, 0.3) is 0 Å². The van der Waals surface area contributed by atoms with Crippen molar-refractivity contribution in [3.8, 4) is 0 Å². The molecule has 0 saturated heterocycles. The van der Waals surface area contributed by atoms with Gasteiger partial charge >= 0.3 is 0 Å². The lowest BCUT2D eigenvalue weighted by atomic mass is 9.96. The normalized spacial score (nSPS) is 12.2. The number of halogens is 2. The van der Waals surface area contributed by atoms with E-state index < -0.39 is 0 Å². The first-order valence-corrected chi connectivity index (χ1v) is 8.46. The zero-order chi connectivity index (χ0) is 18.2. The molecule has 0 aliphatic rings. The van der Waals surface area contributed by atoms with Crippen molar-refractivity contribution in [2.75, 3.05) is 13.1 Å². The van der Waals surface area contributed by atoms with Crippen molar-refractivity contribution in [1.29, 1.82) is 0 Å². The third-order valence-electron chi connectivity index (χ3n) is 4.05. The lowest BCUT2D eigenvalue weighted by Crippen LogP contribution is -2.38. The molecule has 5 heteroatoms. The molecule has 3 nitrogen and oxygen atoms in total. The minimum absolute atomic E-state index is 0.0436. The quantitative estimate of drug-likeness (QED) is 0.767. The molecule has 1 amide bonds. The first-order valence-electron chi connectivity index (χ1n) is 8.46. The smallest absolute Gasteiger partial charge is 0.233 e. The SMILES string of the molecule is CC(C)[C@@H](NCC(=O)NCCc1ccccc1F)c1ccc(F)cc1. The van der Waals surface area contributed by atoms with E-state index in [2.05, 4.69) is 10.6 Å². The van der Waals surface area contributed by atoms with Crippen LogP contribution in [0.1, 0.15) is 31.0 Å². The van der Waals surface area contributed by atoms with Gasteiger partial charge in [-0.2, -0.15) is 0 Å². The number of amides is 1. The van der Waals surface area contributed by atoms with Crippen molar-refractivity contribution < 1.29 is 13.6 Å². The van der Waals surface area contributed by atoms with Crippen molar-refractivity contribution in [3.05, 3.63) is 71.3 Å². The molecule has 0 bridgehead atoms. The van der Waals surface area contributed by atoms with E-state index in [0.717, 1.165) is 5.56 Å². The summed E-state index contributed by atoms with van der Waals surface area (Å²) in [5.74, 6) is -0.441. The molecule has 0 aromatic heterocycles. The third-order valence-corrected chi connectivity index (χ3v) is 4.05. The zero-order valence-corrected chi connectivity index (χ0v) is 14.6. The number of carbonyl (C=O) groups excluding carboxylic acids is 1. The van der Waals surface area contributed by atoms with Crippen LogP contribution in [0.2, 0.25) is 0 Å². The van der Waals surface area contributed by atoms with Crippen LogP contribution in [0.5, 0.6) is 0 Å². The maximum Gasteiger partial charge on any atom is 0.233 e. The third kappa shape index (κ3) is 5.94. The molecule has 1 atom stereocenters. The molecule has 0 unspecified atom stereocenters. The lowest BCUT2D eigenvalue weighted by molar-refractivity contribution is -0.120. The molecular weight excluding hydrogens is 322 g/mol. The van der Waals surface area contributed by atoms with Gasteiger partial charge in [-0.3, -0.25) is 4.79 Å². The number of benzene rings is 2. The Balaban J connectivity index is 1.81. The Morgan fingerprint density at radius 3 is 2.36 bits per heavy atom. The maximum absolute atomic E-state index is 13.5. The number of rotatable bonds is 8. The first kappa shape index (κ1) is 19.1. The second-order valence-electron chi connectivity index (χ2n) is 6.35. The molecule has 2 N–H and O–H groups in total. The van der Waals surface area contributed by atoms with Crippen molar-refractivity contribution in [2.24, 2.45) is 5.92 Å². The average molecular weight is 346 g/mol. The fraction of sp³-hybridized carbons (Fsp3) is 0.350. The van der Waals surface area contributed by atoms with Crippen LogP contribution in [0.4, 0.5) is 8.78 Å². The summed E-state index contributed by atoms with van der Waals surface area (Å²) >= 11 is 0. The van der Waals surface area contributed by atoms with Gasteiger partial charge in [0.25, 0.3) is 0 Å². The fourth-order valence-corrected chi connectivity index (χ4v) is 2.71. The number of hydrogen-bond donors (Lipinski definition) is 2. The topological polar surface area (TPSA) is 41.1 Å². The van der Waals surface area contributed by atoms with E-state index in [1.165, 1.54) is 18.2 Å². The fourth-order valence-electron chi connectivity index (χ4n) is 2.71. The molecular formula is C20H24F2N2O. The number of nitrogens with one attached hydrogen (secondary N) is 2. The van der Waals surface area contributed by atoms with Crippen LogP contribution in [0.15, 0.2) is 48.5 Å². The van der Waals surface area contributed by atoms with Crippen molar-refractivity contribution in [2.45, 2.75) is 26.3 Å². The largest absolute Gasteiger partial charge is 0.355 e. The predicted molar refractivity (Wildman–Crippen MR) is 95.1 cm³/mol. The molecule has 0 aliphatic carbocycles. The summed E-state index contributed by atoms with van der Waals surface area (Å²) in [7, 11) is 0. The van der Waals surface area contributed by atoms with Gasteiger partial charge in [0.2, 0.25) is 5.91 Å². The molecule has 0 aliphatic heterocycles. The molecule has 0 spiro atoms. The molecule has 0 heterocycles. The molecule has 0 fully saturated rings. The summed E-state index contributed by atoms with van der Waals surface area (Å²) in [5.41, 5.74) is 1.53. The summed E-state index contributed by atoms with van der Waals surface area (Å²) in [6.07, 6.45) is 0.448. The monoisotopic (exact) mass is 346 g/mol. The van der Waals surface area contributed by atoms with Crippen LogP contribution in [-0.2, 0) is 11.2 Å². The first-order chi connectivity index (χ1) is 12.0. The minimum Gasteiger partial charge on any atom is -0.355 e. The summed E-state index contributed by atoms with van der Waals surface area (Å²) in [5, 5.41) is 5.99. The summed E-state index contributed by atoms with van der Waals surface area (Å²) < 4.78 is 26.6. The van der Waals surface area contributed by atoms with Gasteiger partial charge in [-0.05, 0) is 41.7 Å². The predicted octanol–water partition coefficient (Wildman–Crippen LogP) is 3.61. The van der Waals surface area contributed by atoms with E-state index in [0.29, 0.717) is 18.5 Å². The highest BCUT2D eigenvalue weighted by atomic mass is 19.1. The van der Waals surface area contributed by atoms with Gasteiger partial charge in [0.1, 0.15) is 11.6 Å². The second-order valence-corrected chi connectivity index (χ2v) is 6.35. The van der Waals surface area contributed by atoms with Gasteiger partial charge in [-0.15, -0.1) is 0 Å². The summed E-state index contributed by atoms with van der Waals surface area (Å²) in [4.78, 5) is 12.0. The standard InChI is InChI=1S/C20H24F2N2O/c1-14(2)20(16-7-9-17(21)10-8-16)24-13-19(25)23-12-11-15-5-3-4-6-18(15)22/h3-10,14,20,24H,11-13H2,1-2H3,(H,23,25)/t20-/m1/s1. The maximum atomic E-state index is 13.5. The molecule has 2 aromatic rings. The summed E-state index contributed by atoms with van der Waals surface area (Å²) in [6, 6.07) is 12.8. The highest BCUT2D eigenvalue weighted by Crippen LogP contribution is 2.21. The number of carbonyl (C=O) groups is 1. The van der Waals surface area contributed by atoms with Gasteiger partial charge < -0.3 is 10.6 Å². The van der Waals surface area contributed by atoms with Gasteiger partial charge in [-0.25, -0.2) is 8.78 Å². The number of hydrogen-bond acceptors (Lipinski definition) is 2. The van der Waals surface area contributed by atoms with Crippen molar-refractivity contribution in [3.63, 3.8) is 0 Å². The van der Waals surface area contributed by atoms with Crippen LogP contribution >= 0.6 is 0 Å². The highest BCUT2D eigenvalue weighted by Gasteiger charge is 2.16. The Bertz CT molecular complexity index is 686. The van der Waals surface area contributed by atoms with Crippen molar-refractivity contribution >= 4 is 5.91 Å². The van der Waals surface area contributed by atoms with Gasteiger partial charge in [0.05, 0.1) is 6.54 Å². The molecule has 0 saturated carbocycles. The van der Waals surface area contributed by atoms with Gasteiger partial charge in [-0.1, -0.05) is 44.2 Å². The van der Waals surface area contributed by atoms with Gasteiger partial charge in [0.15, 0.2) is 0 Å². The van der Waals surface area contributed by atoms with Crippen molar-refractivity contribution in [1.82, 2.24) is 10.6 Å². The van der Waals surface area contributed by atoms with Crippen LogP contribution in [0.3, 0.4) is 0 Å². The van der Waals surface area contributed by atoms with E-state index in [1.54, 1.807) is 30.3 Å². The molecule has 25 heavy (non-hydrogen) atoms. The minimum atomic E-state index is -0.280. The Morgan fingerprint density at radius 1 is 1.04 bits per heavy atom. The highest BCUT2D eigenvalue weighted by molar-refractivity contribution is 5.78. The van der Waals surface area contributed by atoms with E-state index in [9.17, 15) is 13.6 Å². The van der Waals surface area contributed by atoms with Crippen LogP contribution < -0.4 is 10.6 Å². The Morgan fingerprint density at radius 2 is 1.72 bits per heavy atom. The van der Waals surface area contributed by atoms with Crippen LogP contribution in [0, 0.1) is 17.6 Å². The van der Waals surface area contributed by atoms with E-state index in [1.807, 2.05) is 13.8 Å². The Kier molecular flexibility index (Phi) is 7.07. The molecule has 2 aromatic carbocycles. The van der Waals surface area contributed by atoms with E-state index in [4.69, 9.17) is 0 Å². The van der Waals surface area contributed by atoms with Crippen LogP contribution in [-0.4, -0.2) is 19.0 Å². The Labute approximate surface area is 147 Å². The second kappa shape index (κ2) is 9.28. The summed E-state index contributed by atoms with van der Waals surface area (Å²) in [6.45, 7) is 4.61. The molecule has 134 valence electrons. The zero-order valence-electron chi connectivity index (χ0n) is 14.6. The van der Waals surface area contributed by atoms with E-state index >= 15 is 0 Å². The van der Waals surface area contributed by atoms with E-state index in [-0.39, 0.29) is 36.0 Å². The molecule has 2 rings (SSSR count). The average Bonchev–Trinajstić information content (AvgIpc) is 2.58.